The molecule has 0 N–H and O–H groups in total. The molecule has 0 saturated heterocycles. The third-order valence-electron chi connectivity index (χ3n) is 3.40. The maximum atomic E-state index is 12.8. The van der Waals surface area contributed by atoms with Crippen molar-refractivity contribution in [2.75, 3.05) is 0 Å². The molecular weight excluding hydrogens is 296 g/mol. The maximum Gasteiger partial charge on any atom is 0.298 e. The highest BCUT2D eigenvalue weighted by atomic mass is 32.1. The molecule has 0 fully saturated rings. The minimum absolute atomic E-state index is 0.163. The zero-order valence-corrected chi connectivity index (χ0v) is 13.9. The standard InChI is InChI=1S/C16H18N4OS/c1-10(2)14-13(15(21)20-12(4)9-11(3)18-20)17-16(22-14)19-7-5-6-8-19/h5-10H,1-4H3. The molecule has 3 aromatic heterocycles. The molecular formula is C16H18N4OS. The van der Waals surface area contributed by atoms with E-state index >= 15 is 0 Å². The second kappa shape index (κ2) is 5.53. The third kappa shape index (κ3) is 2.50. The van der Waals surface area contributed by atoms with Crippen LogP contribution in [0.25, 0.3) is 5.13 Å². The van der Waals surface area contributed by atoms with Gasteiger partial charge in [0.05, 0.1) is 5.69 Å². The van der Waals surface area contributed by atoms with Gasteiger partial charge in [-0.15, -0.1) is 11.3 Å². The van der Waals surface area contributed by atoms with Crippen molar-refractivity contribution in [3.05, 3.63) is 52.6 Å². The Kier molecular flexibility index (Phi) is 3.70. The van der Waals surface area contributed by atoms with E-state index in [0.29, 0.717) is 5.69 Å². The topological polar surface area (TPSA) is 52.7 Å². The van der Waals surface area contributed by atoms with Crippen LogP contribution in [0.2, 0.25) is 0 Å². The fourth-order valence-corrected chi connectivity index (χ4v) is 3.40. The second-order valence-corrected chi connectivity index (χ2v) is 6.61. The average Bonchev–Trinajstić information content (AvgIpc) is 3.15. The largest absolute Gasteiger partial charge is 0.300 e. The van der Waals surface area contributed by atoms with Crippen molar-refractivity contribution < 1.29 is 4.79 Å². The van der Waals surface area contributed by atoms with Crippen LogP contribution in [0.3, 0.4) is 0 Å². The highest BCUT2D eigenvalue weighted by Gasteiger charge is 2.23. The summed E-state index contributed by atoms with van der Waals surface area (Å²) in [5.74, 6) is 0.0710. The zero-order valence-electron chi connectivity index (χ0n) is 13.1. The number of aryl methyl sites for hydroxylation is 2. The van der Waals surface area contributed by atoms with Crippen molar-refractivity contribution in [1.29, 1.82) is 0 Å². The molecule has 0 bridgehead atoms. The van der Waals surface area contributed by atoms with Crippen molar-refractivity contribution in [2.24, 2.45) is 0 Å². The molecule has 0 unspecified atom stereocenters. The lowest BCUT2D eigenvalue weighted by atomic mass is 10.1. The van der Waals surface area contributed by atoms with E-state index in [0.717, 1.165) is 21.4 Å². The Morgan fingerprint density at radius 2 is 1.91 bits per heavy atom. The van der Waals surface area contributed by atoms with E-state index in [1.165, 1.54) is 4.68 Å². The van der Waals surface area contributed by atoms with Gasteiger partial charge in [0.15, 0.2) is 5.13 Å². The lowest BCUT2D eigenvalue weighted by molar-refractivity contribution is 0.0936. The summed E-state index contributed by atoms with van der Waals surface area (Å²) in [5.41, 5.74) is 2.15. The molecule has 0 amide bonds. The van der Waals surface area contributed by atoms with Gasteiger partial charge < -0.3 is 4.57 Å². The summed E-state index contributed by atoms with van der Waals surface area (Å²) in [5, 5.41) is 5.09. The van der Waals surface area contributed by atoms with Gasteiger partial charge in [-0.2, -0.15) is 9.78 Å². The Morgan fingerprint density at radius 3 is 2.45 bits per heavy atom. The third-order valence-corrected chi connectivity index (χ3v) is 4.77. The van der Waals surface area contributed by atoms with Crippen molar-refractivity contribution in [3.8, 4) is 5.13 Å². The summed E-state index contributed by atoms with van der Waals surface area (Å²) in [6, 6.07) is 5.78. The van der Waals surface area contributed by atoms with Gasteiger partial charge in [-0.3, -0.25) is 4.79 Å². The van der Waals surface area contributed by atoms with E-state index < -0.39 is 0 Å². The Labute approximate surface area is 133 Å². The summed E-state index contributed by atoms with van der Waals surface area (Å²) in [7, 11) is 0. The molecule has 0 saturated carbocycles. The van der Waals surface area contributed by atoms with E-state index in [4.69, 9.17) is 0 Å². The van der Waals surface area contributed by atoms with Crippen molar-refractivity contribution in [2.45, 2.75) is 33.6 Å². The van der Waals surface area contributed by atoms with E-state index in [1.807, 2.05) is 49.0 Å². The first-order valence-electron chi connectivity index (χ1n) is 7.19. The fourth-order valence-electron chi connectivity index (χ4n) is 2.37. The normalized spacial score (nSPS) is 11.3. The van der Waals surface area contributed by atoms with Crippen LogP contribution in [0.1, 0.15) is 46.5 Å². The molecule has 0 aliphatic rings. The minimum Gasteiger partial charge on any atom is -0.300 e. The van der Waals surface area contributed by atoms with Gasteiger partial charge in [-0.1, -0.05) is 13.8 Å². The van der Waals surface area contributed by atoms with Crippen LogP contribution in [0, 0.1) is 13.8 Å². The van der Waals surface area contributed by atoms with Crippen LogP contribution in [-0.2, 0) is 0 Å². The molecule has 0 atom stereocenters. The molecule has 0 aliphatic carbocycles. The molecule has 3 aromatic rings. The number of carbonyl (C=O) groups is 1. The molecule has 0 spiro atoms. The number of aromatic nitrogens is 4. The Balaban J connectivity index is 2.09. The lowest BCUT2D eigenvalue weighted by Gasteiger charge is -2.05. The van der Waals surface area contributed by atoms with Crippen LogP contribution in [0.5, 0.6) is 0 Å². The number of hydrogen-bond donors (Lipinski definition) is 0. The Morgan fingerprint density at radius 1 is 1.23 bits per heavy atom. The molecule has 0 aromatic carbocycles. The van der Waals surface area contributed by atoms with Crippen LogP contribution in [0.15, 0.2) is 30.6 Å². The molecule has 0 radical (unpaired) electrons. The van der Waals surface area contributed by atoms with E-state index in [2.05, 4.69) is 23.9 Å². The van der Waals surface area contributed by atoms with Crippen molar-refractivity contribution in [3.63, 3.8) is 0 Å². The predicted octanol–water partition coefficient (Wildman–Crippen LogP) is 3.56. The number of nitrogens with zero attached hydrogens (tertiary/aromatic N) is 4. The number of thiazole rings is 1. The summed E-state index contributed by atoms with van der Waals surface area (Å²) in [6.07, 6.45) is 3.86. The van der Waals surface area contributed by atoms with Gasteiger partial charge in [0.1, 0.15) is 5.69 Å². The van der Waals surface area contributed by atoms with Gasteiger partial charge >= 0.3 is 0 Å². The van der Waals surface area contributed by atoms with Gasteiger partial charge in [0.2, 0.25) is 0 Å². The molecule has 0 aliphatic heterocycles. The molecule has 6 heteroatoms. The minimum atomic E-state index is -0.163. The molecule has 5 nitrogen and oxygen atoms in total. The summed E-state index contributed by atoms with van der Waals surface area (Å²) in [6.45, 7) is 7.91. The monoisotopic (exact) mass is 314 g/mol. The van der Waals surface area contributed by atoms with Crippen molar-refractivity contribution >= 4 is 17.2 Å². The Hall–Kier alpha value is -2.21. The van der Waals surface area contributed by atoms with Gasteiger partial charge in [0, 0.05) is 23.0 Å². The fraction of sp³-hybridized carbons (Fsp3) is 0.312. The van der Waals surface area contributed by atoms with Crippen LogP contribution < -0.4 is 0 Å². The maximum absolute atomic E-state index is 12.8. The molecule has 114 valence electrons. The summed E-state index contributed by atoms with van der Waals surface area (Å²) >= 11 is 1.55. The number of rotatable bonds is 3. The predicted molar refractivity (Wildman–Crippen MR) is 87.0 cm³/mol. The highest BCUT2D eigenvalue weighted by molar-refractivity contribution is 7.14. The van der Waals surface area contributed by atoms with Gasteiger partial charge in [-0.05, 0) is 38.0 Å². The SMILES string of the molecule is Cc1cc(C)n(C(=O)c2nc(-n3cccc3)sc2C(C)C)n1. The van der Waals surface area contributed by atoms with E-state index in [9.17, 15) is 4.79 Å². The van der Waals surface area contributed by atoms with Crippen LogP contribution >= 0.6 is 11.3 Å². The molecule has 22 heavy (non-hydrogen) atoms. The quantitative estimate of drug-likeness (QED) is 0.743. The summed E-state index contributed by atoms with van der Waals surface area (Å²) < 4.78 is 3.37. The van der Waals surface area contributed by atoms with Gasteiger partial charge in [-0.25, -0.2) is 4.98 Å². The Bertz CT molecular complexity index is 811. The molecule has 3 rings (SSSR count). The first-order valence-corrected chi connectivity index (χ1v) is 8.01. The summed E-state index contributed by atoms with van der Waals surface area (Å²) in [4.78, 5) is 18.4. The van der Waals surface area contributed by atoms with Crippen LogP contribution in [0.4, 0.5) is 0 Å². The van der Waals surface area contributed by atoms with Crippen molar-refractivity contribution in [1.82, 2.24) is 19.3 Å². The second-order valence-electron chi connectivity index (χ2n) is 5.60. The zero-order chi connectivity index (χ0) is 15.9. The lowest BCUT2D eigenvalue weighted by Crippen LogP contribution is -2.17. The first kappa shape index (κ1) is 14.7. The van der Waals surface area contributed by atoms with E-state index in [1.54, 1.807) is 11.3 Å². The van der Waals surface area contributed by atoms with Crippen LogP contribution in [-0.4, -0.2) is 25.2 Å². The first-order chi connectivity index (χ1) is 10.5. The highest BCUT2D eigenvalue weighted by Crippen LogP contribution is 2.29. The van der Waals surface area contributed by atoms with Gasteiger partial charge in [0.25, 0.3) is 5.91 Å². The number of carbonyl (C=O) groups excluding carboxylic acids is 1. The average molecular weight is 314 g/mol. The smallest absolute Gasteiger partial charge is 0.298 e. The van der Waals surface area contributed by atoms with E-state index in [-0.39, 0.29) is 11.8 Å². The number of hydrogen-bond acceptors (Lipinski definition) is 4. The molecule has 3 heterocycles.